The number of nitrogens with zero attached hydrogens (tertiary/aromatic N) is 4. The van der Waals surface area contributed by atoms with Gasteiger partial charge in [0.05, 0.1) is 18.1 Å². The van der Waals surface area contributed by atoms with E-state index in [1.54, 1.807) is 23.7 Å². The van der Waals surface area contributed by atoms with Crippen LogP contribution in [0.15, 0.2) is 58.1 Å². The first kappa shape index (κ1) is 18.1. The molecule has 3 aromatic rings. The molecule has 0 N–H and O–H groups in total. The van der Waals surface area contributed by atoms with Crippen LogP contribution in [0.2, 0.25) is 0 Å². The van der Waals surface area contributed by atoms with Crippen molar-refractivity contribution in [2.45, 2.75) is 30.6 Å². The number of allylic oxidation sites excluding steroid dienone is 1. The topological polar surface area (TPSA) is 64.2 Å². The van der Waals surface area contributed by atoms with Gasteiger partial charge in [0.2, 0.25) is 11.7 Å². The Morgan fingerprint density at radius 2 is 2.33 bits per heavy atom. The zero-order valence-corrected chi connectivity index (χ0v) is 16.4. The first-order valence-electron chi connectivity index (χ1n) is 8.81. The molecule has 1 atom stereocenters. The van der Waals surface area contributed by atoms with Crippen molar-refractivity contribution >= 4 is 29.0 Å². The summed E-state index contributed by atoms with van der Waals surface area (Å²) in [7, 11) is 0. The zero-order chi connectivity index (χ0) is 18.6. The van der Waals surface area contributed by atoms with Crippen LogP contribution in [0, 0.1) is 0 Å². The lowest BCUT2D eigenvalue weighted by molar-refractivity contribution is -0.129. The van der Waals surface area contributed by atoms with Crippen LogP contribution in [-0.2, 0) is 11.3 Å². The Labute approximate surface area is 165 Å². The normalized spacial score (nSPS) is 16.7. The van der Waals surface area contributed by atoms with Gasteiger partial charge in [-0.05, 0) is 36.4 Å². The maximum absolute atomic E-state index is 12.8. The lowest BCUT2D eigenvalue weighted by Gasteiger charge is -2.23. The molecule has 27 heavy (non-hydrogen) atoms. The van der Waals surface area contributed by atoms with Gasteiger partial charge in [0.1, 0.15) is 0 Å². The van der Waals surface area contributed by atoms with Gasteiger partial charge in [0.25, 0.3) is 0 Å². The Hall–Kier alpha value is -2.32. The molecule has 0 aromatic carbocycles. The van der Waals surface area contributed by atoms with Gasteiger partial charge in [-0.15, -0.1) is 28.1 Å². The maximum atomic E-state index is 12.8. The summed E-state index contributed by atoms with van der Waals surface area (Å²) in [6, 6.07) is 8.03. The molecule has 0 bridgehead atoms. The molecule has 0 saturated carbocycles. The van der Waals surface area contributed by atoms with Crippen molar-refractivity contribution in [3.05, 3.63) is 53.4 Å². The van der Waals surface area contributed by atoms with Crippen LogP contribution >= 0.6 is 23.1 Å². The number of carbonyl (C=O) groups excluding carboxylic acids is 1. The van der Waals surface area contributed by atoms with Crippen LogP contribution in [-0.4, -0.2) is 37.9 Å². The Morgan fingerprint density at radius 1 is 1.41 bits per heavy atom. The van der Waals surface area contributed by atoms with Crippen molar-refractivity contribution in [2.24, 2.45) is 0 Å². The van der Waals surface area contributed by atoms with E-state index >= 15 is 0 Å². The van der Waals surface area contributed by atoms with Gasteiger partial charge in [-0.25, -0.2) is 0 Å². The smallest absolute Gasteiger partial charge is 0.233 e. The van der Waals surface area contributed by atoms with Gasteiger partial charge < -0.3 is 9.32 Å². The van der Waals surface area contributed by atoms with Crippen molar-refractivity contribution < 1.29 is 9.21 Å². The average molecular weight is 401 g/mol. The fourth-order valence-electron chi connectivity index (χ4n) is 3.33. The van der Waals surface area contributed by atoms with Gasteiger partial charge in [0.15, 0.2) is 10.9 Å². The van der Waals surface area contributed by atoms with Gasteiger partial charge in [0, 0.05) is 18.0 Å². The van der Waals surface area contributed by atoms with Crippen molar-refractivity contribution in [3.8, 4) is 11.6 Å². The summed E-state index contributed by atoms with van der Waals surface area (Å²) >= 11 is 3.13. The molecule has 140 valence electrons. The van der Waals surface area contributed by atoms with Gasteiger partial charge in [-0.3, -0.25) is 9.36 Å². The largest absolute Gasteiger partial charge is 0.461 e. The maximum Gasteiger partial charge on any atom is 0.233 e. The highest BCUT2D eigenvalue weighted by atomic mass is 32.2. The van der Waals surface area contributed by atoms with Crippen LogP contribution in [0.1, 0.15) is 23.8 Å². The molecule has 3 aromatic heterocycles. The van der Waals surface area contributed by atoms with E-state index in [0.717, 1.165) is 19.4 Å². The SMILES string of the molecule is C=CCn1c(SCC(=O)N2CCCC2c2cccs2)nnc1-c1ccco1. The summed E-state index contributed by atoms with van der Waals surface area (Å²) < 4.78 is 7.36. The van der Waals surface area contributed by atoms with E-state index in [4.69, 9.17) is 4.42 Å². The fourth-order valence-corrected chi connectivity index (χ4v) is 5.04. The molecular weight excluding hydrogens is 380 g/mol. The number of carbonyl (C=O) groups is 1. The van der Waals surface area contributed by atoms with Crippen LogP contribution in [0.5, 0.6) is 0 Å². The summed E-state index contributed by atoms with van der Waals surface area (Å²) in [5, 5.41) is 11.3. The van der Waals surface area contributed by atoms with E-state index in [2.05, 4.69) is 28.2 Å². The number of hydrogen-bond donors (Lipinski definition) is 0. The van der Waals surface area contributed by atoms with Crippen LogP contribution in [0.4, 0.5) is 0 Å². The number of thioether (sulfide) groups is 1. The Bertz CT molecular complexity index is 902. The number of amides is 1. The van der Waals surface area contributed by atoms with Crippen molar-refractivity contribution in [1.29, 1.82) is 0 Å². The quantitative estimate of drug-likeness (QED) is 0.438. The van der Waals surface area contributed by atoms with Crippen molar-refractivity contribution in [1.82, 2.24) is 19.7 Å². The number of rotatable bonds is 7. The third kappa shape index (κ3) is 3.72. The molecule has 1 fully saturated rings. The monoisotopic (exact) mass is 400 g/mol. The molecule has 4 heterocycles. The molecule has 1 aliphatic heterocycles. The van der Waals surface area contributed by atoms with E-state index in [1.165, 1.54) is 16.6 Å². The second kappa shape index (κ2) is 8.14. The molecule has 0 radical (unpaired) electrons. The van der Waals surface area contributed by atoms with E-state index in [0.29, 0.717) is 29.0 Å². The molecule has 6 nitrogen and oxygen atoms in total. The van der Waals surface area contributed by atoms with E-state index in [-0.39, 0.29) is 11.9 Å². The molecular formula is C19H20N4O2S2. The predicted molar refractivity (Wildman–Crippen MR) is 107 cm³/mol. The van der Waals surface area contributed by atoms with Gasteiger partial charge >= 0.3 is 0 Å². The number of thiophene rings is 1. The highest BCUT2D eigenvalue weighted by Gasteiger charge is 2.30. The minimum Gasteiger partial charge on any atom is -0.461 e. The second-order valence-corrected chi connectivity index (χ2v) is 8.15. The van der Waals surface area contributed by atoms with Crippen LogP contribution in [0.3, 0.4) is 0 Å². The molecule has 1 aliphatic rings. The predicted octanol–water partition coefficient (Wildman–Crippen LogP) is 4.24. The average Bonchev–Trinajstić information content (AvgIpc) is 3.47. The Morgan fingerprint density at radius 3 is 3.07 bits per heavy atom. The fraction of sp³-hybridized carbons (Fsp3) is 0.316. The third-order valence-corrected chi connectivity index (χ3v) is 6.46. The molecule has 0 spiro atoms. The van der Waals surface area contributed by atoms with Crippen molar-refractivity contribution in [3.63, 3.8) is 0 Å². The van der Waals surface area contributed by atoms with Crippen molar-refractivity contribution in [2.75, 3.05) is 12.3 Å². The van der Waals surface area contributed by atoms with Crippen LogP contribution in [0.25, 0.3) is 11.6 Å². The Balaban J connectivity index is 1.47. The Kier molecular flexibility index (Phi) is 5.45. The summed E-state index contributed by atoms with van der Waals surface area (Å²) in [6.45, 7) is 5.18. The number of aromatic nitrogens is 3. The molecule has 1 unspecified atom stereocenters. The molecule has 4 rings (SSSR count). The number of hydrogen-bond acceptors (Lipinski definition) is 6. The summed E-state index contributed by atoms with van der Waals surface area (Å²) in [5.41, 5.74) is 0. The van der Waals surface area contributed by atoms with Crippen LogP contribution < -0.4 is 0 Å². The molecule has 1 amide bonds. The highest BCUT2D eigenvalue weighted by molar-refractivity contribution is 7.99. The lowest BCUT2D eigenvalue weighted by Crippen LogP contribution is -2.31. The zero-order valence-electron chi connectivity index (χ0n) is 14.8. The van der Waals surface area contributed by atoms with E-state index in [1.807, 2.05) is 27.7 Å². The summed E-state index contributed by atoms with van der Waals surface area (Å²) in [6.07, 6.45) is 5.48. The first-order chi connectivity index (χ1) is 13.3. The molecule has 0 aliphatic carbocycles. The number of furan rings is 1. The van der Waals surface area contributed by atoms with E-state index in [9.17, 15) is 4.79 Å². The van der Waals surface area contributed by atoms with E-state index < -0.39 is 0 Å². The second-order valence-electron chi connectivity index (χ2n) is 6.23. The van der Waals surface area contributed by atoms with Gasteiger partial charge in [-0.2, -0.15) is 0 Å². The first-order valence-corrected chi connectivity index (χ1v) is 10.7. The standard InChI is InChI=1S/C19H20N4O2S2/c1-2-9-23-18(15-7-4-11-25-15)20-21-19(23)27-13-17(24)22-10-3-6-14(22)16-8-5-12-26-16/h2,4-5,7-8,11-12,14H,1,3,6,9-10,13H2. The highest BCUT2D eigenvalue weighted by Crippen LogP contribution is 2.35. The third-order valence-electron chi connectivity index (χ3n) is 4.54. The summed E-state index contributed by atoms with van der Waals surface area (Å²) in [4.78, 5) is 16.1. The van der Waals surface area contributed by atoms with Gasteiger partial charge in [-0.1, -0.05) is 23.9 Å². The number of likely N-dealkylation sites (tertiary alicyclic amines) is 1. The lowest BCUT2D eigenvalue weighted by atomic mass is 10.2. The minimum atomic E-state index is 0.142. The molecule has 8 heteroatoms. The summed E-state index contributed by atoms with van der Waals surface area (Å²) in [5.74, 6) is 1.78. The molecule has 1 saturated heterocycles. The minimum absolute atomic E-state index is 0.142.